The highest BCUT2D eigenvalue weighted by molar-refractivity contribution is 6.08. The predicted molar refractivity (Wildman–Crippen MR) is 99.4 cm³/mol. The van der Waals surface area contributed by atoms with Crippen LogP contribution >= 0.6 is 0 Å². The summed E-state index contributed by atoms with van der Waals surface area (Å²) in [5.41, 5.74) is 1.63. The Kier molecular flexibility index (Phi) is 5.77. The minimum Gasteiger partial charge on any atom is -0.455 e. The van der Waals surface area contributed by atoms with E-state index in [0.29, 0.717) is 29.8 Å². The van der Waals surface area contributed by atoms with Gasteiger partial charge in [-0.2, -0.15) is 5.01 Å². The maximum Gasteiger partial charge on any atom is 0.344 e. The second-order valence-corrected chi connectivity index (χ2v) is 6.82. The van der Waals surface area contributed by atoms with Crippen molar-refractivity contribution in [2.45, 2.75) is 38.1 Å². The Hall–Kier alpha value is -3.16. The largest absolute Gasteiger partial charge is 0.455 e. The average molecular weight is 385 g/mol. The normalized spacial score (nSPS) is 24.0. The SMILES string of the molecule is CC[C@]1(c2ccccc2)NC(=O)N(NC(=O)COC(=O)[C@@H]2CC=CCC2)C1=O. The third-order valence-corrected chi connectivity index (χ3v) is 5.07. The molecule has 2 N–H and O–H groups in total. The van der Waals surface area contributed by atoms with Crippen LogP contribution in [0, 0.1) is 5.92 Å². The molecule has 8 nitrogen and oxygen atoms in total. The minimum atomic E-state index is -1.24. The van der Waals surface area contributed by atoms with Gasteiger partial charge in [0.2, 0.25) is 0 Å². The van der Waals surface area contributed by atoms with Crippen LogP contribution in [-0.4, -0.2) is 35.4 Å². The van der Waals surface area contributed by atoms with Crippen molar-refractivity contribution in [3.8, 4) is 0 Å². The molecule has 1 saturated heterocycles. The van der Waals surface area contributed by atoms with Crippen molar-refractivity contribution in [2.24, 2.45) is 5.92 Å². The second-order valence-electron chi connectivity index (χ2n) is 6.82. The summed E-state index contributed by atoms with van der Waals surface area (Å²) in [6.07, 6.45) is 6.30. The van der Waals surface area contributed by atoms with Gasteiger partial charge in [0.1, 0.15) is 5.54 Å². The number of hydrogen-bond donors (Lipinski definition) is 2. The molecule has 1 fully saturated rings. The lowest BCUT2D eigenvalue weighted by molar-refractivity contribution is -0.154. The van der Waals surface area contributed by atoms with E-state index in [-0.39, 0.29) is 5.92 Å². The van der Waals surface area contributed by atoms with Crippen LogP contribution in [0.5, 0.6) is 0 Å². The van der Waals surface area contributed by atoms with E-state index in [9.17, 15) is 19.2 Å². The summed E-state index contributed by atoms with van der Waals surface area (Å²) >= 11 is 0. The number of amides is 4. The van der Waals surface area contributed by atoms with Crippen LogP contribution in [0.25, 0.3) is 0 Å². The fraction of sp³-hybridized carbons (Fsp3) is 0.400. The fourth-order valence-electron chi connectivity index (χ4n) is 3.46. The molecule has 1 aliphatic heterocycles. The first-order chi connectivity index (χ1) is 13.5. The van der Waals surface area contributed by atoms with Gasteiger partial charge >= 0.3 is 12.0 Å². The number of imide groups is 1. The Balaban J connectivity index is 1.61. The molecular formula is C20H23N3O5. The summed E-state index contributed by atoms with van der Waals surface area (Å²) in [5, 5.41) is 3.31. The monoisotopic (exact) mass is 385 g/mol. The Labute approximate surface area is 162 Å². The standard InChI is InChI=1S/C20H23N3O5/c1-2-20(15-11-7-4-8-12-15)18(26)23(19(27)21-20)22-16(24)13-28-17(25)14-9-5-3-6-10-14/h3-5,7-8,11-12,14H,2,6,9-10,13H2,1H3,(H,21,27)(H,22,24)/t14-,20-/m1/s1. The molecular weight excluding hydrogens is 362 g/mol. The number of urea groups is 1. The van der Waals surface area contributed by atoms with E-state index in [4.69, 9.17) is 4.74 Å². The molecule has 0 unspecified atom stereocenters. The molecule has 2 aliphatic rings. The van der Waals surface area contributed by atoms with E-state index in [1.807, 2.05) is 18.2 Å². The molecule has 1 aromatic rings. The molecule has 0 bridgehead atoms. The van der Waals surface area contributed by atoms with E-state index in [2.05, 4.69) is 10.7 Å². The van der Waals surface area contributed by atoms with Crippen LogP contribution in [-0.2, 0) is 24.7 Å². The maximum absolute atomic E-state index is 12.9. The highest BCUT2D eigenvalue weighted by Gasteiger charge is 2.52. The smallest absolute Gasteiger partial charge is 0.344 e. The van der Waals surface area contributed by atoms with Gasteiger partial charge in [-0.15, -0.1) is 0 Å². The number of nitrogens with zero attached hydrogens (tertiary/aromatic N) is 1. The summed E-state index contributed by atoms with van der Waals surface area (Å²) in [6.45, 7) is 1.22. The zero-order valence-corrected chi connectivity index (χ0v) is 15.6. The molecule has 8 heteroatoms. The summed E-state index contributed by atoms with van der Waals surface area (Å²) in [7, 11) is 0. The van der Waals surface area contributed by atoms with Crippen LogP contribution in [0.3, 0.4) is 0 Å². The molecule has 0 spiro atoms. The Bertz CT molecular complexity index is 807. The van der Waals surface area contributed by atoms with Crippen molar-refractivity contribution < 1.29 is 23.9 Å². The van der Waals surface area contributed by atoms with Gasteiger partial charge in [-0.05, 0) is 31.2 Å². The van der Waals surface area contributed by atoms with E-state index in [0.717, 1.165) is 6.42 Å². The molecule has 1 heterocycles. The summed E-state index contributed by atoms with van der Waals surface area (Å²) in [4.78, 5) is 49.4. The maximum atomic E-state index is 12.9. The number of benzene rings is 1. The van der Waals surface area contributed by atoms with Gasteiger partial charge in [0.05, 0.1) is 5.92 Å². The molecule has 28 heavy (non-hydrogen) atoms. The number of hydrogen-bond acceptors (Lipinski definition) is 5. The molecule has 1 aromatic carbocycles. The van der Waals surface area contributed by atoms with Crippen molar-refractivity contribution in [1.29, 1.82) is 0 Å². The second kappa shape index (κ2) is 8.24. The van der Waals surface area contributed by atoms with Crippen molar-refractivity contribution in [3.05, 3.63) is 48.0 Å². The number of esters is 1. The van der Waals surface area contributed by atoms with Gasteiger partial charge in [-0.1, -0.05) is 49.4 Å². The van der Waals surface area contributed by atoms with Crippen LogP contribution < -0.4 is 10.7 Å². The number of ether oxygens (including phenoxy) is 1. The van der Waals surface area contributed by atoms with E-state index in [1.165, 1.54) is 0 Å². The first-order valence-corrected chi connectivity index (χ1v) is 9.31. The topological polar surface area (TPSA) is 105 Å². The third kappa shape index (κ3) is 3.76. The minimum absolute atomic E-state index is 0.264. The lowest BCUT2D eigenvalue weighted by atomic mass is 9.87. The zero-order valence-electron chi connectivity index (χ0n) is 15.6. The summed E-state index contributed by atoms with van der Waals surface area (Å²) in [6, 6.07) is 8.11. The Morgan fingerprint density at radius 2 is 2.00 bits per heavy atom. The van der Waals surface area contributed by atoms with Gasteiger partial charge in [-0.25, -0.2) is 4.79 Å². The number of nitrogens with one attached hydrogen (secondary N) is 2. The number of carbonyl (C=O) groups is 4. The zero-order chi connectivity index (χ0) is 20.1. The Morgan fingerprint density at radius 3 is 2.64 bits per heavy atom. The van der Waals surface area contributed by atoms with Crippen LogP contribution in [0.1, 0.15) is 38.2 Å². The molecule has 0 saturated carbocycles. The summed E-state index contributed by atoms with van der Waals surface area (Å²) < 4.78 is 5.03. The van der Waals surface area contributed by atoms with Crippen molar-refractivity contribution in [2.75, 3.05) is 6.61 Å². The van der Waals surface area contributed by atoms with Crippen LogP contribution in [0.15, 0.2) is 42.5 Å². The lowest BCUT2D eigenvalue weighted by Gasteiger charge is -2.25. The van der Waals surface area contributed by atoms with E-state index >= 15 is 0 Å². The molecule has 148 valence electrons. The van der Waals surface area contributed by atoms with Crippen molar-refractivity contribution >= 4 is 23.8 Å². The van der Waals surface area contributed by atoms with Gasteiger partial charge in [0.25, 0.3) is 11.8 Å². The molecule has 3 rings (SSSR count). The van der Waals surface area contributed by atoms with Crippen molar-refractivity contribution in [1.82, 2.24) is 15.8 Å². The van der Waals surface area contributed by atoms with E-state index in [1.54, 1.807) is 31.2 Å². The Morgan fingerprint density at radius 1 is 1.25 bits per heavy atom. The van der Waals surface area contributed by atoms with Crippen LogP contribution in [0.2, 0.25) is 0 Å². The fourth-order valence-corrected chi connectivity index (χ4v) is 3.46. The number of hydrazine groups is 1. The molecule has 0 aromatic heterocycles. The first kappa shape index (κ1) is 19.6. The highest BCUT2D eigenvalue weighted by atomic mass is 16.5. The van der Waals surface area contributed by atoms with Gasteiger partial charge in [0, 0.05) is 0 Å². The number of rotatable bonds is 6. The molecule has 4 amide bonds. The van der Waals surface area contributed by atoms with E-state index < -0.39 is 36.0 Å². The quantitative estimate of drug-likeness (QED) is 0.441. The molecule has 0 radical (unpaired) electrons. The first-order valence-electron chi connectivity index (χ1n) is 9.31. The third-order valence-electron chi connectivity index (χ3n) is 5.07. The average Bonchev–Trinajstić information content (AvgIpc) is 2.98. The molecule has 1 aliphatic carbocycles. The molecule has 2 atom stereocenters. The van der Waals surface area contributed by atoms with Gasteiger partial charge in [0.15, 0.2) is 6.61 Å². The van der Waals surface area contributed by atoms with Crippen LogP contribution in [0.4, 0.5) is 4.79 Å². The number of allylic oxidation sites excluding steroid dienone is 2. The summed E-state index contributed by atoms with van der Waals surface area (Å²) in [5.74, 6) is -2.05. The predicted octanol–water partition coefficient (Wildman–Crippen LogP) is 1.77. The van der Waals surface area contributed by atoms with Gasteiger partial charge in [-0.3, -0.25) is 19.8 Å². The highest BCUT2D eigenvalue weighted by Crippen LogP contribution is 2.31. The van der Waals surface area contributed by atoms with Crippen molar-refractivity contribution in [3.63, 3.8) is 0 Å². The lowest BCUT2D eigenvalue weighted by Crippen LogP contribution is -2.49. The number of carbonyl (C=O) groups excluding carboxylic acids is 4. The van der Waals surface area contributed by atoms with Gasteiger partial charge < -0.3 is 10.1 Å².